The predicted octanol–water partition coefficient (Wildman–Crippen LogP) is 0.307. The summed E-state index contributed by atoms with van der Waals surface area (Å²) in [6.45, 7) is 1.31. The Hall–Kier alpha value is -1.70. The van der Waals surface area contributed by atoms with Gasteiger partial charge in [0, 0.05) is 13.1 Å². The average Bonchev–Trinajstić information content (AvgIpc) is 2.85. The molecule has 0 amide bonds. The van der Waals surface area contributed by atoms with E-state index in [1.165, 1.54) is 20.8 Å². The molecule has 0 atom stereocenters. The Bertz CT molecular complexity index is 706. The Labute approximate surface area is 124 Å². The van der Waals surface area contributed by atoms with Gasteiger partial charge in [-0.25, -0.2) is 4.57 Å². The van der Waals surface area contributed by atoms with Crippen molar-refractivity contribution >= 4 is 10.2 Å². The van der Waals surface area contributed by atoms with Crippen LogP contribution in [-0.2, 0) is 28.6 Å². The standard InChI is InChI=1S/C14H18N3O3S/c1-15-7-8-16(12-15)21(18,19)17-9-14(10-17)20-11-13-5-3-2-4-6-13/h2-8,12,14H,9-11H2,1H3/q+1. The number of hydrogen-bond donors (Lipinski definition) is 0. The fourth-order valence-corrected chi connectivity index (χ4v) is 3.63. The smallest absolute Gasteiger partial charge is 0.371 e. The zero-order valence-corrected chi connectivity index (χ0v) is 12.6. The van der Waals surface area contributed by atoms with Crippen molar-refractivity contribution in [1.29, 1.82) is 0 Å². The third kappa shape index (κ3) is 2.99. The van der Waals surface area contributed by atoms with Gasteiger partial charge in [-0.1, -0.05) is 30.3 Å². The molecule has 0 radical (unpaired) electrons. The van der Waals surface area contributed by atoms with Crippen molar-refractivity contribution in [2.45, 2.75) is 12.7 Å². The molecule has 0 aliphatic carbocycles. The highest BCUT2D eigenvalue weighted by atomic mass is 32.2. The molecule has 1 aromatic heterocycles. The molecule has 21 heavy (non-hydrogen) atoms. The topological polar surface area (TPSA) is 55.4 Å². The predicted molar refractivity (Wildman–Crippen MR) is 76.5 cm³/mol. The van der Waals surface area contributed by atoms with Gasteiger partial charge in [0.25, 0.3) is 6.33 Å². The molecule has 7 heteroatoms. The van der Waals surface area contributed by atoms with E-state index in [9.17, 15) is 8.42 Å². The monoisotopic (exact) mass is 308 g/mol. The molecule has 6 nitrogen and oxygen atoms in total. The molecule has 0 saturated carbocycles. The van der Waals surface area contributed by atoms with E-state index in [4.69, 9.17) is 4.74 Å². The summed E-state index contributed by atoms with van der Waals surface area (Å²) in [5.41, 5.74) is 1.09. The highest BCUT2D eigenvalue weighted by Crippen LogP contribution is 2.19. The highest BCUT2D eigenvalue weighted by molar-refractivity contribution is 7.87. The van der Waals surface area contributed by atoms with E-state index in [0.29, 0.717) is 19.7 Å². The van der Waals surface area contributed by atoms with E-state index in [-0.39, 0.29) is 6.10 Å². The van der Waals surface area contributed by atoms with E-state index < -0.39 is 10.2 Å². The molecule has 0 spiro atoms. The van der Waals surface area contributed by atoms with Crippen LogP contribution in [0.5, 0.6) is 0 Å². The summed E-state index contributed by atoms with van der Waals surface area (Å²) >= 11 is 0. The maximum atomic E-state index is 12.3. The van der Waals surface area contributed by atoms with Gasteiger partial charge in [0.2, 0.25) is 0 Å². The summed E-state index contributed by atoms with van der Waals surface area (Å²) in [6, 6.07) is 9.86. The maximum Gasteiger partial charge on any atom is 0.379 e. The Morgan fingerprint density at radius 3 is 2.62 bits per heavy atom. The number of imidazole rings is 1. The van der Waals surface area contributed by atoms with E-state index >= 15 is 0 Å². The van der Waals surface area contributed by atoms with E-state index in [1.807, 2.05) is 30.3 Å². The minimum absolute atomic E-state index is 0.0377. The molecule has 1 aliphatic heterocycles. The SMILES string of the molecule is C[n+]1ccn(S(=O)(=O)N2CC(OCc3ccccc3)C2)c1. The van der Waals surface area contributed by atoms with Crippen molar-refractivity contribution in [2.24, 2.45) is 7.05 Å². The zero-order valence-electron chi connectivity index (χ0n) is 11.8. The first kappa shape index (κ1) is 14.2. The average molecular weight is 308 g/mol. The second kappa shape index (κ2) is 5.59. The van der Waals surface area contributed by atoms with Crippen molar-refractivity contribution in [3.05, 3.63) is 54.6 Å². The van der Waals surface area contributed by atoms with Crippen molar-refractivity contribution in [2.75, 3.05) is 13.1 Å². The van der Waals surface area contributed by atoms with Crippen molar-refractivity contribution in [3.63, 3.8) is 0 Å². The summed E-state index contributed by atoms with van der Waals surface area (Å²) in [4.78, 5) is 0. The number of ether oxygens (including phenoxy) is 1. The zero-order chi connectivity index (χ0) is 14.9. The van der Waals surface area contributed by atoms with Gasteiger partial charge in [0.1, 0.15) is 12.4 Å². The van der Waals surface area contributed by atoms with Gasteiger partial charge in [-0.2, -0.15) is 12.7 Å². The molecule has 0 bridgehead atoms. The molecule has 2 aromatic rings. The number of nitrogens with zero attached hydrogens (tertiary/aromatic N) is 3. The molecule has 0 unspecified atom stereocenters. The quantitative estimate of drug-likeness (QED) is 0.747. The van der Waals surface area contributed by atoms with E-state index in [1.54, 1.807) is 17.8 Å². The minimum Gasteiger partial charge on any atom is -0.371 e. The van der Waals surface area contributed by atoms with Crippen LogP contribution in [0.15, 0.2) is 49.1 Å². The first-order valence-electron chi connectivity index (χ1n) is 6.75. The van der Waals surface area contributed by atoms with Crippen molar-refractivity contribution < 1.29 is 17.7 Å². The molecule has 1 saturated heterocycles. The fourth-order valence-electron chi connectivity index (χ4n) is 2.18. The summed E-state index contributed by atoms with van der Waals surface area (Å²) in [6.07, 6.45) is 4.73. The minimum atomic E-state index is -3.45. The molecule has 1 fully saturated rings. The Kier molecular flexibility index (Phi) is 3.79. The Balaban J connectivity index is 1.54. The number of aryl methyl sites for hydroxylation is 1. The Morgan fingerprint density at radius 1 is 1.29 bits per heavy atom. The van der Waals surface area contributed by atoms with Gasteiger partial charge in [-0.05, 0) is 5.56 Å². The number of hydrogen-bond acceptors (Lipinski definition) is 3. The normalized spacial score (nSPS) is 16.8. The van der Waals surface area contributed by atoms with E-state index in [0.717, 1.165) is 5.56 Å². The van der Waals surface area contributed by atoms with Crippen LogP contribution in [0.1, 0.15) is 5.56 Å². The first-order valence-corrected chi connectivity index (χ1v) is 8.15. The van der Waals surface area contributed by atoms with Crippen LogP contribution in [0.4, 0.5) is 0 Å². The highest BCUT2D eigenvalue weighted by Gasteiger charge is 2.40. The molecular weight excluding hydrogens is 290 g/mol. The lowest BCUT2D eigenvalue weighted by Crippen LogP contribution is -2.55. The Morgan fingerprint density at radius 2 is 2.00 bits per heavy atom. The van der Waals surface area contributed by atoms with Crippen LogP contribution < -0.4 is 4.57 Å². The van der Waals surface area contributed by atoms with Gasteiger partial charge in [-0.15, -0.1) is 3.97 Å². The van der Waals surface area contributed by atoms with Gasteiger partial charge < -0.3 is 4.74 Å². The third-order valence-electron chi connectivity index (χ3n) is 3.48. The number of aromatic nitrogens is 2. The fraction of sp³-hybridized carbons (Fsp3) is 0.357. The second-order valence-electron chi connectivity index (χ2n) is 5.15. The number of benzene rings is 1. The first-order chi connectivity index (χ1) is 10.1. The molecule has 1 aliphatic rings. The van der Waals surface area contributed by atoms with Gasteiger partial charge >= 0.3 is 10.2 Å². The lowest BCUT2D eigenvalue weighted by Gasteiger charge is -2.35. The van der Waals surface area contributed by atoms with Crippen LogP contribution in [-0.4, -0.2) is 35.9 Å². The summed E-state index contributed by atoms with van der Waals surface area (Å²) in [5.74, 6) is 0. The van der Waals surface area contributed by atoms with Gasteiger partial charge in [0.15, 0.2) is 0 Å². The van der Waals surface area contributed by atoms with Crippen LogP contribution in [0.2, 0.25) is 0 Å². The molecule has 1 aromatic carbocycles. The summed E-state index contributed by atoms with van der Waals surface area (Å²) < 4.78 is 34.6. The van der Waals surface area contributed by atoms with Crippen LogP contribution in [0.3, 0.4) is 0 Å². The summed E-state index contributed by atoms with van der Waals surface area (Å²) in [5, 5.41) is 0. The lowest BCUT2D eigenvalue weighted by atomic mass is 10.2. The molecular formula is C14H18N3O3S+. The van der Waals surface area contributed by atoms with Crippen molar-refractivity contribution in [1.82, 2.24) is 8.28 Å². The maximum absolute atomic E-state index is 12.3. The lowest BCUT2D eigenvalue weighted by molar-refractivity contribution is -0.670. The molecule has 0 N–H and O–H groups in total. The molecule has 2 heterocycles. The van der Waals surface area contributed by atoms with Gasteiger partial charge in [0.05, 0.1) is 19.8 Å². The second-order valence-corrected chi connectivity index (χ2v) is 6.99. The van der Waals surface area contributed by atoms with Gasteiger partial charge in [-0.3, -0.25) is 0 Å². The number of rotatable bonds is 5. The van der Waals surface area contributed by atoms with Crippen LogP contribution in [0, 0.1) is 0 Å². The van der Waals surface area contributed by atoms with Crippen LogP contribution in [0.25, 0.3) is 0 Å². The largest absolute Gasteiger partial charge is 0.379 e. The van der Waals surface area contributed by atoms with Crippen molar-refractivity contribution in [3.8, 4) is 0 Å². The summed E-state index contributed by atoms with van der Waals surface area (Å²) in [7, 11) is -1.66. The molecule has 112 valence electrons. The van der Waals surface area contributed by atoms with Crippen LogP contribution >= 0.6 is 0 Å². The third-order valence-corrected chi connectivity index (χ3v) is 5.18. The molecule has 3 rings (SSSR count). The van der Waals surface area contributed by atoms with E-state index in [2.05, 4.69) is 0 Å².